The molecule has 0 radical (unpaired) electrons. The minimum Gasteiger partial charge on any atom is -0.494 e. The second-order valence-corrected chi connectivity index (χ2v) is 9.85. The maximum Gasteiger partial charge on any atom is 0.326 e. The van der Waals surface area contributed by atoms with E-state index in [-0.39, 0.29) is 12.6 Å². The molecule has 38 heavy (non-hydrogen) atoms. The summed E-state index contributed by atoms with van der Waals surface area (Å²) in [6.07, 6.45) is 1.27. The first kappa shape index (κ1) is 27.5. The van der Waals surface area contributed by atoms with Gasteiger partial charge in [-0.3, -0.25) is 4.90 Å². The number of ether oxygens (including phenoxy) is 1. The first-order valence-electron chi connectivity index (χ1n) is 12.4. The van der Waals surface area contributed by atoms with Gasteiger partial charge >= 0.3 is 6.03 Å². The van der Waals surface area contributed by atoms with E-state index in [1.807, 2.05) is 45.9 Å². The van der Waals surface area contributed by atoms with E-state index < -0.39 is 0 Å². The molecule has 0 aliphatic rings. The zero-order chi connectivity index (χ0) is 27.6. The molecule has 7 nitrogen and oxygen atoms in total. The van der Waals surface area contributed by atoms with Gasteiger partial charge in [0.1, 0.15) is 16.8 Å². The summed E-state index contributed by atoms with van der Waals surface area (Å²) in [7, 11) is 1.59. The third kappa shape index (κ3) is 5.35. The first-order chi connectivity index (χ1) is 18.2. The van der Waals surface area contributed by atoms with Crippen molar-refractivity contribution in [3.63, 3.8) is 0 Å². The van der Waals surface area contributed by atoms with Crippen LogP contribution in [0.25, 0.3) is 11.0 Å². The average molecular weight is 553 g/mol. The van der Waals surface area contributed by atoms with Crippen LogP contribution in [0.1, 0.15) is 41.9 Å². The van der Waals surface area contributed by atoms with Crippen molar-refractivity contribution in [3.05, 3.63) is 80.6 Å². The van der Waals surface area contributed by atoms with Gasteiger partial charge in [-0.2, -0.15) is 0 Å². The molecule has 198 valence electrons. The van der Waals surface area contributed by atoms with Gasteiger partial charge in [0.15, 0.2) is 0 Å². The molecule has 0 aliphatic heterocycles. The van der Waals surface area contributed by atoms with Gasteiger partial charge in [0, 0.05) is 15.7 Å². The van der Waals surface area contributed by atoms with E-state index in [1.165, 1.54) is 0 Å². The molecule has 0 aliphatic carbocycles. The fourth-order valence-electron chi connectivity index (χ4n) is 4.50. The van der Waals surface area contributed by atoms with Crippen LogP contribution < -0.4 is 20.7 Å². The Morgan fingerprint density at radius 3 is 2.21 bits per heavy atom. The Morgan fingerprint density at radius 1 is 0.974 bits per heavy atom. The minimum absolute atomic E-state index is 0.262. The Labute approximate surface area is 232 Å². The number of carbonyl (C=O) groups is 1. The zero-order valence-corrected chi connectivity index (χ0v) is 23.7. The Kier molecular flexibility index (Phi) is 8.29. The highest BCUT2D eigenvalue weighted by molar-refractivity contribution is 6.32. The average Bonchev–Trinajstić information content (AvgIpc) is 2.89. The molecule has 0 spiro atoms. The van der Waals surface area contributed by atoms with Crippen molar-refractivity contribution < 1.29 is 9.53 Å². The van der Waals surface area contributed by atoms with Gasteiger partial charge in [-0.05, 0) is 73.7 Å². The number of rotatable bonds is 7. The van der Waals surface area contributed by atoms with E-state index in [0.717, 1.165) is 28.1 Å². The topological polar surface area (TPSA) is 93.4 Å². The number of carbonyl (C=O) groups excluding carboxylic acids is 1. The Balaban J connectivity index is 1.89. The van der Waals surface area contributed by atoms with E-state index in [9.17, 15) is 4.79 Å². The second-order valence-electron chi connectivity index (χ2n) is 9.01. The van der Waals surface area contributed by atoms with Gasteiger partial charge in [-0.1, -0.05) is 49.2 Å². The smallest absolute Gasteiger partial charge is 0.326 e. The van der Waals surface area contributed by atoms with Crippen LogP contribution in [-0.2, 0) is 19.4 Å². The quantitative estimate of drug-likeness (QED) is 0.232. The first-order valence-corrected chi connectivity index (χ1v) is 13.2. The van der Waals surface area contributed by atoms with Gasteiger partial charge in [0.05, 0.1) is 36.4 Å². The number of aryl methyl sites for hydroxylation is 2. The number of nitrogens with one attached hydrogen (secondary N) is 1. The minimum atomic E-state index is -0.350. The highest BCUT2D eigenvalue weighted by Gasteiger charge is 2.25. The lowest BCUT2D eigenvalue weighted by Crippen LogP contribution is -2.35. The largest absolute Gasteiger partial charge is 0.494 e. The third-order valence-electron chi connectivity index (χ3n) is 6.65. The normalized spacial score (nSPS) is 11.0. The number of hydrogen-bond acceptors (Lipinski definition) is 5. The summed E-state index contributed by atoms with van der Waals surface area (Å²) in [5.41, 5.74) is 13.3. The summed E-state index contributed by atoms with van der Waals surface area (Å²) in [6.45, 7) is 8.05. The molecule has 1 aromatic heterocycles. The van der Waals surface area contributed by atoms with Gasteiger partial charge in [-0.25, -0.2) is 14.8 Å². The molecule has 0 saturated carbocycles. The molecule has 0 unspecified atom stereocenters. The molecule has 9 heteroatoms. The molecule has 0 fully saturated rings. The van der Waals surface area contributed by atoms with Crippen LogP contribution in [0.4, 0.5) is 21.9 Å². The number of methoxy groups -OCH3 is 1. The van der Waals surface area contributed by atoms with Crippen LogP contribution in [0.15, 0.2) is 42.5 Å². The Morgan fingerprint density at radius 2 is 1.61 bits per heavy atom. The highest BCUT2D eigenvalue weighted by atomic mass is 35.5. The fraction of sp³-hybridized carbons (Fsp3) is 0.276. The van der Waals surface area contributed by atoms with E-state index in [0.29, 0.717) is 56.7 Å². The summed E-state index contributed by atoms with van der Waals surface area (Å²) in [5.74, 6) is 0.579. The predicted molar refractivity (Wildman–Crippen MR) is 157 cm³/mol. The molecule has 3 N–H and O–H groups in total. The van der Waals surface area contributed by atoms with E-state index in [1.54, 1.807) is 36.3 Å². The molecule has 3 aromatic carbocycles. The van der Waals surface area contributed by atoms with Crippen molar-refractivity contribution in [2.45, 2.75) is 47.1 Å². The van der Waals surface area contributed by atoms with E-state index in [4.69, 9.17) is 43.6 Å². The highest BCUT2D eigenvalue weighted by Crippen LogP contribution is 2.36. The molecule has 4 rings (SSSR count). The van der Waals surface area contributed by atoms with Crippen LogP contribution in [0.5, 0.6) is 5.75 Å². The number of anilines is 3. The van der Waals surface area contributed by atoms with E-state index >= 15 is 0 Å². The number of hydrogen-bond donors (Lipinski definition) is 2. The van der Waals surface area contributed by atoms with Crippen LogP contribution in [0, 0.1) is 13.8 Å². The number of nitrogens with two attached hydrogens (primary N) is 1. The van der Waals surface area contributed by atoms with Crippen molar-refractivity contribution in [2.75, 3.05) is 23.1 Å². The number of aromatic nitrogens is 2. The SMILES string of the molecule is CCc1c(N)cc(Cl)c(CC)c1NC(=O)N(Cc1ccc(Cl)cc1)c1ccc(OC)c2nc(C)c(C)nc12. The van der Waals surface area contributed by atoms with Crippen molar-refractivity contribution in [1.82, 2.24) is 9.97 Å². The molecule has 0 atom stereocenters. The van der Waals surface area contributed by atoms with Gasteiger partial charge in [0.2, 0.25) is 0 Å². The Hall–Kier alpha value is -3.55. The van der Waals surface area contributed by atoms with Crippen LogP contribution in [-0.4, -0.2) is 23.1 Å². The summed E-state index contributed by atoms with van der Waals surface area (Å²) in [4.78, 5) is 25.3. The van der Waals surface area contributed by atoms with Crippen molar-refractivity contribution >= 4 is 57.3 Å². The maximum atomic E-state index is 14.1. The molecule has 0 saturated heterocycles. The predicted octanol–water partition coefficient (Wildman–Crippen LogP) is 7.51. The van der Waals surface area contributed by atoms with Crippen LogP contribution in [0.2, 0.25) is 10.0 Å². The third-order valence-corrected chi connectivity index (χ3v) is 7.24. The molecule has 4 aromatic rings. The van der Waals surface area contributed by atoms with Crippen molar-refractivity contribution in [3.8, 4) is 5.75 Å². The van der Waals surface area contributed by atoms with E-state index in [2.05, 4.69) is 5.32 Å². The Bertz CT molecular complexity index is 1480. The fourth-order valence-corrected chi connectivity index (χ4v) is 4.97. The van der Waals surface area contributed by atoms with Gasteiger partial charge in [-0.15, -0.1) is 0 Å². The molecular formula is C29H31Cl2N5O2. The van der Waals surface area contributed by atoms with Gasteiger partial charge < -0.3 is 15.8 Å². The molecular weight excluding hydrogens is 521 g/mol. The monoisotopic (exact) mass is 551 g/mol. The van der Waals surface area contributed by atoms with Gasteiger partial charge in [0.25, 0.3) is 0 Å². The lowest BCUT2D eigenvalue weighted by atomic mass is 10.0. The molecule has 0 bridgehead atoms. The number of urea groups is 1. The van der Waals surface area contributed by atoms with Crippen LogP contribution in [0.3, 0.4) is 0 Å². The van der Waals surface area contributed by atoms with Crippen molar-refractivity contribution in [1.29, 1.82) is 0 Å². The standard InChI is InChI=1S/C29H31Cl2N5O2/c1-6-20-22(31)14-23(32)21(7-2)26(20)35-29(37)36(15-18-8-10-19(30)11-9-18)24-12-13-25(38-5)28-27(24)33-16(3)17(4)34-28/h8-14H,6-7,15,32H2,1-5H3,(H,35,37). The maximum absolute atomic E-state index is 14.1. The van der Waals surface area contributed by atoms with Crippen LogP contribution >= 0.6 is 23.2 Å². The molecule has 2 amide bonds. The number of amides is 2. The number of benzene rings is 3. The summed E-state index contributed by atoms with van der Waals surface area (Å²) >= 11 is 12.7. The summed E-state index contributed by atoms with van der Waals surface area (Å²) in [6, 6.07) is 12.4. The lowest BCUT2D eigenvalue weighted by molar-refractivity contribution is 0.256. The zero-order valence-electron chi connectivity index (χ0n) is 22.2. The summed E-state index contributed by atoms with van der Waals surface area (Å²) in [5, 5.41) is 4.27. The van der Waals surface area contributed by atoms with Crippen molar-refractivity contribution in [2.24, 2.45) is 0 Å². The number of nitrogen functional groups attached to an aromatic ring is 1. The number of fused-ring (bicyclic) bond motifs is 1. The second kappa shape index (κ2) is 11.5. The molecule has 1 heterocycles. The number of nitrogens with zero attached hydrogens (tertiary/aromatic N) is 3. The summed E-state index contributed by atoms with van der Waals surface area (Å²) < 4.78 is 5.57. The number of halogens is 2. The lowest BCUT2D eigenvalue weighted by Gasteiger charge is -2.27.